The molecule has 1 saturated carbocycles. The van der Waals surface area contributed by atoms with Crippen molar-refractivity contribution in [2.24, 2.45) is 0 Å². The third-order valence-corrected chi connectivity index (χ3v) is 5.08. The molecule has 0 aliphatic heterocycles. The van der Waals surface area contributed by atoms with E-state index in [9.17, 15) is 14.7 Å². The first-order chi connectivity index (χ1) is 13.6. The summed E-state index contributed by atoms with van der Waals surface area (Å²) in [4.78, 5) is 35.6. The summed E-state index contributed by atoms with van der Waals surface area (Å²) in [5, 5.41) is 14.1. The topological polar surface area (TPSA) is 105 Å². The van der Waals surface area contributed by atoms with Crippen molar-refractivity contribution in [3.63, 3.8) is 0 Å². The maximum atomic E-state index is 13.4. The highest BCUT2D eigenvalue weighted by Crippen LogP contribution is 2.33. The summed E-state index contributed by atoms with van der Waals surface area (Å²) in [7, 11) is 1.60. The molecule has 0 spiro atoms. The van der Waals surface area contributed by atoms with Crippen molar-refractivity contribution in [3.8, 4) is 0 Å². The third kappa shape index (κ3) is 4.48. The maximum Gasteiger partial charge on any atom is 0.407 e. The first-order valence-corrected chi connectivity index (χ1v) is 9.81. The smallest absolute Gasteiger partial charge is 0.407 e. The van der Waals surface area contributed by atoms with Crippen LogP contribution in [0, 0.1) is 0 Å². The van der Waals surface area contributed by atoms with E-state index in [2.05, 4.69) is 15.3 Å². The van der Waals surface area contributed by atoms with Crippen LogP contribution >= 0.6 is 0 Å². The van der Waals surface area contributed by atoms with Gasteiger partial charge in [0.15, 0.2) is 5.60 Å². The second-order valence-corrected chi connectivity index (χ2v) is 8.43. The van der Waals surface area contributed by atoms with Crippen molar-refractivity contribution < 1.29 is 19.4 Å². The van der Waals surface area contributed by atoms with Crippen LogP contribution in [0.25, 0.3) is 11.0 Å². The number of hydrogen-bond donors (Lipinski definition) is 2. The normalized spacial score (nSPS) is 22.2. The van der Waals surface area contributed by atoms with Crippen LogP contribution in [0.2, 0.25) is 0 Å². The molecule has 2 atom stereocenters. The lowest BCUT2D eigenvalue weighted by Gasteiger charge is -2.41. The first kappa shape index (κ1) is 21.0. The van der Waals surface area contributed by atoms with Gasteiger partial charge in [0.2, 0.25) is 0 Å². The lowest BCUT2D eigenvalue weighted by atomic mass is 9.79. The van der Waals surface area contributed by atoms with Gasteiger partial charge in [0.05, 0.1) is 17.2 Å². The Kier molecular flexibility index (Phi) is 5.75. The Morgan fingerprint density at radius 1 is 1.24 bits per heavy atom. The van der Waals surface area contributed by atoms with E-state index in [-0.39, 0.29) is 6.42 Å². The molecule has 2 aromatic rings. The fourth-order valence-corrected chi connectivity index (χ4v) is 3.70. The number of fused-ring (bicyclic) bond motifs is 1. The lowest BCUT2D eigenvalue weighted by Crippen LogP contribution is -2.62. The Morgan fingerprint density at radius 3 is 2.69 bits per heavy atom. The number of rotatable bonds is 3. The van der Waals surface area contributed by atoms with Crippen LogP contribution in [0.15, 0.2) is 30.6 Å². The van der Waals surface area contributed by atoms with Crippen molar-refractivity contribution in [3.05, 3.63) is 30.6 Å². The number of ether oxygens (including phenoxy) is 1. The summed E-state index contributed by atoms with van der Waals surface area (Å²) in [5.74, 6) is -0.489. The van der Waals surface area contributed by atoms with Crippen molar-refractivity contribution in [1.82, 2.24) is 15.3 Å². The van der Waals surface area contributed by atoms with Crippen LogP contribution < -0.4 is 10.2 Å². The largest absolute Gasteiger partial charge is 0.444 e. The minimum atomic E-state index is -1.73. The highest BCUT2D eigenvalue weighted by Gasteiger charge is 2.48. The zero-order chi connectivity index (χ0) is 21.2. The van der Waals surface area contributed by atoms with E-state index in [0.717, 1.165) is 6.42 Å². The Bertz CT molecular complexity index is 906. The monoisotopic (exact) mass is 400 g/mol. The van der Waals surface area contributed by atoms with Gasteiger partial charge in [-0.2, -0.15) is 0 Å². The van der Waals surface area contributed by atoms with Gasteiger partial charge in [-0.1, -0.05) is 12.5 Å². The molecular formula is C21H28N4O4. The number of aliphatic hydroxyl groups is 1. The molecule has 1 aliphatic rings. The van der Waals surface area contributed by atoms with E-state index in [1.807, 2.05) is 6.07 Å². The molecule has 0 bridgehead atoms. The molecule has 1 aromatic heterocycles. The number of benzene rings is 1. The van der Waals surface area contributed by atoms with Gasteiger partial charge in [-0.25, -0.2) is 4.79 Å². The Hall–Kier alpha value is -2.74. The average Bonchev–Trinajstić information content (AvgIpc) is 2.67. The van der Waals surface area contributed by atoms with Crippen LogP contribution in [0.1, 0.15) is 46.5 Å². The van der Waals surface area contributed by atoms with Gasteiger partial charge in [0.25, 0.3) is 5.91 Å². The number of carbonyl (C=O) groups excluding carboxylic acids is 2. The molecule has 2 unspecified atom stereocenters. The summed E-state index contributed by atoms with van der Waals surface area (Å²) >= 11 is 0. The quantitative estimate of drug-likeness (QED) is 0.821. The van der Waals surface area contributed by atoms with Gasteiger partial charge in [0, 0.05) is 19.4 Å². The number of nitrogens with one attached hydrogen (secondary N) is 1. The van der Waals surface area contributed by atoms with E-state index in [0.29, 0.717) is 29.6 Å². The number of nitrogens with zero attached hydrogens (tertiary/aromatic N) is 3. The molecule has 2 N–H and O–H groups in total. The van der Waals surface area contributed by atoms with Crippen molar-refractivity contribution in [1.29, 1.82) is 0 Å². The van der Waals surface area contributed by atoms with Gasteiger partial charge in [-0.15, -0.1) is 0 Å². The van der Waals surface area contributed by atoms with Crippen molar-refractivity contribution in [2.45, 2.75) is 63.7 Å². The molecule has 1 fully saturated rings. The Labute approximate surface area is 170 Å². The Balaban J connectivity index is 1.87. The zero-order valence-corrected chi connectivity index (χ0v) is 17.3. The molecular weight excluding hydrogens is 372 g/mol. The van der Waals surface area contributed by atoms with Gasteiger partial charge in [-0.3, -0.25) is 14.8 Å². The molecule has 1 aromatic carbocycles. The zero-order valence-electron chi connectivity index (χ0n) is 17.3. The lowest BCUT2D eigenvalue weighted by molar-refractivity contribution is -0.142. The highest BCUT2D eigenvalue weighted by atomic mass is 16.6. The summed E-state index contributed by atoms with van der Waals surface area (Å²) in [6.07, 6.45) is 4.75. The number of aromatic nitrogens is 2. The molecule has 29 heavy (non-hydrogen) atoms. The average molecular weight is 400 g/mol. The molecule has 8 heteroatoms. The number of anilines is 1. The number of carbonyl (C=O) groups is 2. The van der Waals surface area contributed by atoms with Gasteiger partial charge in [0.1, 0.15) is 11.1 Å². The van der Waals surface area contributed by atoms with Crippen LogP contribution in [0.3, 0.4) is 0 Å². The molecule has 8 nitrogen and oxygen atoms in total. The molecule has 0 saturated heterocycles. The van der Waals surface area contributed by atoms with Crippen LogP contribution in [0.4, 0.5) is 10.5 Å². The van der Waals surface area contributed by atoms with Gasteiger partial charge >= 0.3 is 6.09 Å². The maximum absolute atomic E-state index is 13.4. The minimum absolute atomic E-state index is 0.257. The predicted molar refractivity (Wildman–Crippen MR) is 110 cm³/mol. The molecule has 0 radical (unpaired) electrons. The third-order valence-electron chi connectivity index (χ3n) is 5.08. The summed E-state index contributed by atoms with van der Waals surface area (Å²) in [5.41, 5.74) is -0.616. The Morgan fingerprint density at radius 2 is 1.97 bits per heavy atom. The predicted octanol–water partition coefficient (Wildman–Crippen LogP) is 2.79. The van der Waals surface area contributed by atoms with Crippen LogP contribution in [-0.4, -0.2) is 51.4 Å². The fraction of sp³-hybridized carbons (Fsp3) is 0.524. The van der Waals surface area contributed by atoms with Gasteiger partial charge < -0.3 is 20.1 Å². The molecule has 2 amide bonds. The second kappa shape index (κ2) is 7.94. The minimum Gasteiger partial charge on any atom is -0.444 e. The van der Waals surface area contributed by atoms with E-state index < -0.39 is 29.2 Å². The van der Waals surface area contributed by atoms with E-state index in [4.69, 9.17) is 4.74 Å². The first-order valence-electron chi connectivity index (χ1n) is 9.81. The number of likely N-dealkylation sites (N-methyl/N-ethyl adjacent to an activating group) is 1. The fourth-order valence-electron chi connectivity index (χ4n) is 3.70. The molecule has 1 heterocycles. The van der Waals surface area contributed by atoms with E-state index >= 15 is 0 Å². The molecule has 1 aliphatic carbocycles. The van der Waals surface area contributed by atoms with Crippen molar-refractivity contribution >= 4 is 28.7 Å². The van der Waals surface area contributed by atoms with Crippen LogP contribution in [-0.2, 0) is 9.53 Å². The van der Waals surface area contributed by atoms with E-state index in [1.165, 1.54) is 4.90 Å². The number of para-hydroxylation sites is 1. The summed E-state index contributed by atoms with van der Waals surface area (Å²) in [6, 6.07) is 4.63. The van der Waals surface area contributed by atoms with E-state index in [1.54, 1.807) is 52.3 Å². The van der Waals surface area contributed by atoms with Crippen molar-refractivity contribution in [2.75, 3.05) is 11.9 Å². The van der Waals surface area contributed by atoms with Gasteiger partial charge in [-0.05, 0) is 52.2 Å². The number of amides is 2. The summed E-state index contributed by atoms with van der Waals surface area (Å²) < 4.78 is 5.31. The summed E-state index contributed by atoms with van der Waals surface area (Å²) in [6.45, 7) is 5.29. The number of alkyl carbamates (subject to hydrolysis) is 1. The molecule has 3 rings (SSSR count). The van der Waals surface area contributed by atoms with Crippen LogP contribution in [0.5, 0.6) is 0 Å². The second-order valence-electron chi connectivity index (χ2n) is 8.43. The SMILES string of the molecule is CN(C(=O)C1(O)CCCCC1NC(=O)OC(C)(C)C)c1cccc2nccnc12. The molecule has 156 valence electrons. The standard InChI is InChI=1S/C21H28N4O4/c1-20(2,3)29-19(27)24-16-10-5-6-11-21(16,28)18(26)25(4)15-9-7-8-14-17(15)23-13-12-22-14/h7-9,12-13,16,28H,5-6,10-11H2,1-4H3,(H,24,27). The highest BCUT2D eigenvalue weighted by molar-refractivity contribution is 6.05. The number of hydrogen-bond acceptors (Lipinski definition) is 6.